The van der Waals surface area contributed by atoms with Crippen LogP contribution in [0.15, 0.2) is 244 Å². The fraction of sp³-hybridized carbons (Fsp3) is 0.227. The minimum Gasteiger partial charge on any atom is -0.393 e. The first kappa shape index (κ1) is 83.6. The van der Waals surface area contributed by atoms with Gasteiger partial charge in [-0.25, -0.2) is 19.9 Å². The predicted molar refractivity (Wildman–Crippen MR) is 460 cm³/mol. The second kappa shape index (κ2) is 40.4. The molecule has 0 aliphatic carbocycles. The summed E-state index contributed by atoms with van der Waals surface area (Å²) in [7, 11) is 0. The highest BCUT2D eigenvalue weighted by Gasteiger charge is 2.26. The number of ether oxygens (including phenoxy) is 2. The quantitative estimate of drug-likeness (QED) is 0.0420. The van der Waals surface area contributed by atoms with E-state index in [0.29, 0.717) is 77.5 Å². The van der Waals surface area contributed by atoms with Gasteiger partial charge in [0, 0.05) is 140 Å². The van der Waals surface area contributed by atoms with E-state index in [1.165, 1.54) is 6.20 Å². The summed E-state index contributed by atoms with van der Waals surface area (Å²) < 4.78 is 11.5. The molecule has 0 spiro atoms. The molecule has 28 heteroatoms. The third kappa shape index (κ3) is 23.4. The Kier molecular flexibility index (Phi) is 29.1. The van der Waals surface area contributed by atoms with Crippen molar-refractivity contribution in [3.63, 3.8) is 0 Å². The molecule has 0 radical (unpaired) electrons. The number of nitrogens with zero attached hydrogens (tertiary/aromatic N) is 11. The number of piperidine rings is 1. The topological polar surface area (TPSA) is 300 Å². The fourth-order valence-electron chi connectivity index (χ4n) is 12.9. The number of rotatable bonds is 18. The van der Waals surface area contributed by atoms with Crippen molar-refractivity contribution in [1.29, 1.82) is 0 Å². The number of aliphatic hydroxyl groups excluding tert-OH is 2. The predicted octanol–water partition coefficient (Wildman–Crippen LogP) is 17.2. The number of pyridine rings is 8. The van der Waals surface area contributed by atoms with Crippen molar-refractivity contribution in [3.05, 3.63) is 286 Å². The van der Waals surface area contributed by atoms with Crippen LogP contribution in [0.1, 0.15) is 88.9 Å². The molecule has 3 fully saturated rings. The van der Waals surface area contributed by atoms with Crippen molar-refractivity contribution in [1.82, 2.24) is 39.9 Å². The van der Waals surface area contributed by atoms with E-state index in [2.05, 4.69) is 109 Å². The first-order chi connectivity index (χ1) is 56.1. The van der Waals surface area contributed by atoms with Crippen LogP contribution in [0.4, 0.5) is 46.0 Å². The second-order valence-corrected chi connectivity index (χ2v) is 29.5. The molecule has 3 aliphatic rings. The Morgan fingerprint density at radius 2 is 0.690 bits per heavy atom. The molecule has 15 rings (SSSR count). The molecule has 4 unspecified atom stereocenters. The summed E-state index contributed by atoms with van der Waals surface area (Å²) in [4.78, 5) is 91.8. The van der Waals surface area contributed by atoms with Crippen molar-refractivity contribution in [2.75, 3.05) is 87.1 Å². The molecule has 4 aromatic carbocycles. The number of aliphatic hydroxyl groups is 2. The number of morpholine rings is 2. The third-order valence-electron chi connectivity index (χ3n) is 18.6. The molecular weight excluding hydrogens is 1550 g/mol. The highest BCUT2D eigenvalue weighted by molar-refractivity contribution is 6.35. The summed E-state index contributed by atoms with van der Waals surface area (Å²) in [5.41, 5.74) is 10.4. The highest BCUT2D eigenvalue weighted by atomic mass is 35.5. The van der Waals surface area contributed by atoms with Gasteiger partial charge in [0.1, 0.15) is 23.3 Å². The van der Waals surface area contributed by atoms with Crippen LogP contribution in [-0.2, 0) is 9.47 Å². The van der Waals surface area contributed by atoms with E-state index in [1.54, 1.807) is 135 Å². The van der Waals surface area contributed by atoms with Gasteiger partial charge >= 0.3 is 0 Å². The normalized spacial score (nSPS) is 16.1. The van der Waals surface area contributed by atoms with E-state index in [0.717, 1.165) is 115 Å². The van der Waals surface area contributed by atoms with E-state index in [9.17, 15) is 29.4 Å². The van der Waals surface area contributed by atoms with E-state index in [-0.39, 0.29) is 54.1 Å². The number of hydrogen-bond acceptors (Lipinski definition) is 20. The molecule has 7 N–H and O–H groups in total. The monoisotopic (exact) mass is 1630 g/mol. The maximum atomic E-state index is 12.7. The van der Waals surface area contributed by atoms with Crippen LogP contribution in [0, 0.1) is 0 Å². The molecular formula is C88H86Cl4N16O8. The van der Waals surface area contributed by atoms with Gasteiger partial charge in [-0.2, -0.15) is 0 Å². The standard InChI is InChI=1S/2C23H23ClN4O2.C22H21ClN4O2.C20H19ClN4O2/c2*1-15-13-28(14-16(2)30-15)22-9-6-17(12-26-22)23(29)27-18-7-8-20(24)19(11-18)21-5-3-4-10-25-21;23-19-6-5-16(13-18(19)20-3-1-2-10-24-20)26-22(29)15-4-7-21(25-14-15)27-11-8-17(28)9-12-27;1-13(26)11-23-19-8-5-14(12-24-19)20(27)25-15-6-7-17(21)16(10-15)18-4-2-3-9-22-18/h2*3-12,15-16H,13-14H2,1-2H3,(H,27,29);1-7,10,13-14,17,28H,8-9,11-12H2,(H,26,29);2-10,12-13,26H,11H2,1H3,(H,23,24)(H,25,27)/t;;;13-/m...0/s1. The number of hydrogen-bond donors (Lipinski definition) is 7. The van der Waals surface area contributed by atoms with Crippen molar-refractivity contribution in [2.24, 2.45) is 0 Å². The van der Waals surface area contributed by atoms with Gasteiger partial charge in [-0.1, -0.05) is 70.7 Å². The molecule has 4 amide bonds. The van der Waals surface area contributed by atoms with Gasteiger partial charge in [0.05, 0.1) is 102 Å². The molecule has 116 heavy (non-hydrogen) atoms. The van der Waals surface area contributed by atoms with Crippen LogP contribution >= 0.6 is 46.4 Å². The smallest absolute Gasteiger partial charge is 0.257 e. The summed E-state index contributed by atoms with van der Waals surface area (Å²) in [5, 5.41) is 35.7. The second-order valence-electron chi connectivity index (χ2n) is 27.9. The van der Waals surface area contributed by atoms with Gasteiger partial charge in [0.2, 0.25) is 0 Å². The summed E-state index contributed by atoms with van der Waals surface area (Å²) in [6.45, 7) is 14.9. The van der Waals surface area contributed by atoms with Gasteiger partial charge in [0.15, 0.2) is 0 Å². The number of anilines is 8. The Morgan fingerprint density at radius 1 is 0.397 bits per heavy atom. The number of carbonyl (C=O) groups is 4. The molecule has 24 nitrogen and oxygen atoms in total. The number of aromatic nitrogens is 8. The van der Waals surface area contributed by atoms with Crippen LogP contribution in [0.25, 0.3) is 45.0 Å². The zero-order chi connectivity index (χ0) is 81.6. The largest absolute Gasteiger partial charge is 0.393 e. The van der Waals surface area contributed by atoms with E-state index in [4.69, 9.17) is 55.9 Å². The lowest BCUT2D eigenvalue weighted by molar-refractivity contribution is -0.00572. The van der Waals surface area contributed by atoms with Gasteiger partial charge in [-0.15, -0.1) is 0 Å². The Hall–Kier alpha value is -11.8. The first-order valence-corrected chi connectivity index (χ1v) is 39.2. The lowest BCUT2D eigenvalue weighted by atomic mass is 10.1. The maximum Gasteiger partial charge on any atom is 0.257 e. The number of halogens is 4. The number of amides is 4. The minimum absolute atomic E-state index is 0.150. The SMILES string of the molecule is CC1CN(c2ccc(C(=O)Nc3ccc(Cl)c(-c4ccccn4)c3)cn2)CC(C)O1.CC1CN(c2ccc(C(=O)Nc3ccc(Cl)c(-c4ccccn4)c3)cn2)CC(C)O1.C[C@H](O)CNc1ccc(C(=O)Nc2ccc(Cl)c(-c3ccccn3)c2)cn1.O=C(Nc1ccc(Cl)c(-c2ccccn2)c1)c1ccc(N2CCC(O)CC2)nc1. The average Bonchev–Trinajstić information content (AvgIpc) is 0.797. The van der Waals surface area contributed by atoms with Crippen molar-refractivity contribution >= 4 is 116 Å². The van der Waals surface area contributed by atoms with E-state index >= 15 is 0 Å². The number of carbonyl (C=O) groups excluding carboxylic acids is 4. The molecule has 3 aliphatic heterocycles. The van der Waals surface area contributed by atoms with E-state index in [1.807, 2.05) is 109 Å². The third-order valence-corrected chi connectivity index (χ3v) is 19.9. The van der Waals surface area contributed by atoms with E-state index < -0.39 is 6.10 Å². The molecule has 3 saturated heterocycles. The Labute approximate surface area is 692 Å². The molecule has 12 aromatic rings. The number of nitrogens with one attached hydrogen (secondary N) is 5. The summed E-state index contributed by atoms with van der Waals surface area (Å²) in [6.07, 6.45) is 14.4. The number of benzene rings is 4. The molecule has 0 bridgehead atoms. The lowest BCUT2D eigenvalue weighted by Crippen LogP contribution is -2.45. The summed E-state index contributed by atoms with van der Waals surface area (Å²) in [5.74, 6) is 2.12. The Morgan fingerprint density at radius 3 is 0.948 bits per heavy atom. The zero-order valence-corrected chi connectivity index (χ0v) is 67.2. The van der Waals surface area contributed by atoms with Crippen LogP contribution in [0.2, 0.25) is 20.1 Å². The zero-order valence-electron chi connectivity index (χ0n) is 64.2. The van der Waals surface area contributed by atoms with Crippen LogP contribution in [0.5, 0.6) is 0 Å². The molecule has 11 heterocycles. The van der Waals surface area contributed by atoms with Gasteiger partial charge < -0.3 is 61.0 Å². The Bertz CT molecular complexity index is 5080. The van der Waals surface area contributed by atoms with Gasteiger partial charge in [-0.05, 0) is 217 Å². The lowest BCUT2D eigenvalue weighted by Gasteiger charge is -2.36. The highest BCUT2D eigenvalue weighted by Crippen LogP contribution is 2.35. The van der Waals surface area contributed by atoms with Crippen LogP contribution < -0.4 is 41.3 Å². The van der Waals surface area contributed by atoms with Crippen LogP contribution in [-0.4, -0.2) is 156 Å². The summed E-state index contributed by atoms with van der Waals surface area (Å²) in [6, 6.07) is 57.9. The fourth-order valence-corrected chi connectivity index (χ4v) is 13.8. The molecule has 5 atom stereocenters. The van der Waals surface area contributed by atoms with Gasteiger partial charge in [0.25, 0.3) is 23.6 Å². The average molecular weight is 1640 g/mol. The minimum atomic E-state index is -0.479. The van der Waals surface area contributed by atoms with Crippen molar-refractivity contribution < 1.29 is 38.9 Å². The Balaban J connectivity index is 0.000000143. The molecule has 594 valence electrons. The maximum absolute atomic E-state index is 12.7. The molecule has 0 saturated carbocycles. The van der Waals surface area contributed by atoms with Gasteiger partial charge in [-0.3, -0.25) is 39.1 Å². The van der Waals surface area contributed by atoms with Crippen molar-refractivity contribution in [2.45, 2.75) is 84.1 Å². The van der Waals surface area contributed by atoms with Crippen molar-refractivity contribution in [3.8, 4) is 45.0 Å². The molecule has 8 aromatic heterocycles. The summed E-state index contributed by atoms with van der Waals surface area (Å²) >= 11 is 25.2. The van der Waals surface area contributed by atoms with Crippen LogP contribution in [0.3, 0.4) is 0 Å². The first-order valence-electron chi connectivity index (χ1n) is 37.7.